The number of amides is 2. The number of aromatic nitrogens is 2. The summed E-state index contributed by atoms with van der Waals surface area (Å²) >= 11 is 0. The van der Waals surface area contributed by atoms with Gasteiger partial charge in [-0.25, -0.2) is 4.98 Å². The standard InChI is InChI=1S/C28H34N4O3/c1-3-35-24-17-11-8-12-20(24)18-32-26(33)25-30-22-15-9-10-16-23(22)31(25)19-28(32,2)27(34)29-21-13-6-4-5-7-14-21/h8-12,15-17,21H,3-7,13-14,18-19H2,1-2H3,(H,29,34)/t28-/m1/s1. The molecule has 0 spiro atoms. The number of nitrogens with zero attached hydrogens (tertiary/aromatic N) is 3. The van der Waals surface area contributed by atoms with Crippen LogP contribution in [0, 0.1) is 0 Å². The maximum absolute atomic E-state index is 14.0. The highest BCUT2D eigenvalue weighted by atomic mass is 16.5. The van der Waals surface area contributed by atoms with Gasteiger partial charge in [0.15, 0.2) is 5.82 Å². The zero-order valence-corrected chi connectivity index (χ0v) is 20.6. The average molecular weight is 475 g/mol. The fraction of sp³-hybridized carbons (Fsp3) is 0.464. The van der Waals surface area contributed by atoms with Crippen LogP contribution in [0.25, 0.3) is 11.0 Å². The summed E-state index contributed by atoms with van der Waals surface area (Å²) in [5.41, 5.74) is 1.44. The lowest BCUT2D eigenvalue weighted by atomic mass is 9.93. The van der Waals surface area contributed by atoms with Crippen molar-refractivity contribution in [2.45, 2.75) is 77.0 Å². The Morgan fingerprint density at radius 3 is 2.57 bits per heavy atom. The van der Waals surface area contributed by atoms with E-state index in [1.807, 2.05) is 66.9 Å². The predicted octanol–water partition coefficient (Wildman–Crippen LogP) is 4.69. The summed E-state index contributed by atoms with van der Waals surface area (Å²) in [6.45, 7) is 4.98. The summed E-state index contributed by atoms with van der Waals surface area (Å²) in [4.78, 5) is 34.2. The van der Waals surface area contributed by atoms with Gasteiger partial charge in [-0.1, -0.05) is 56.0 Å². The van der Waals surface area contributed by atoms with E-state index in [9.17, 15) is 9.59 Å². The van der Waals surface area contributed by atoms with Gasteiger partial charge in [-0.2, -0.15) is 0 Å². The lowest BCUT2D eigenvalue weighted by molar-refractivity contribution is -0.134. The smallest absolute Gasteiger partial charge is 0.291 e. The molecule has 2 heterocycles. The van der Waals surface area contributed by atoms with Crippen molar-refractivity contribution in [1.29, 1.82) is 0 Å². The molecule has 7 nitrogen and oxygen atoms in total. The predicted molar refractivity (Wildman–Crippen MR) is 135 cm³/mol. The highest BCUT2D eigenvalue weighted by Gasteiger charge is 2.49. The number of rotatable bonds is 6. The Morgan fingerprint density at radius 1 is 1.09 bits per heavy atom. The van der Waals surface area contributed by atoms with E-state index < -0.39 is 5.54 Å². The number of para-hydroxylation sites is 3. The number of imidazole rings is 1. The molecule has 184 valence electrons. The molecule has 1 saturated carbocycles. The van der Waals surface area contributed by atoms with Crippen LogP contribution >= 0.6 is 0 Å². The maximum Gasteiger partial charge on any atom is 0.291 e. The van der Waals surface area contributed by atoms with Crippen molar-refractivity contribution in [2.24, 2.45) is 0 Å². The summed E-state index contributed by atoms with van der Waals surface area (Å²) in [5, 5.41) is 3.32. The largest absolute Gasteiger partial charge is 0.494 e. The zero-order valence-electron chi connectivity index (χ0n) is 20.6. The van der Waals surface area contributed by atoms with Crippen LogP contribution < -0.4 is 10.1 Å². The van der Waals surface area contributed by atoms with Gasteiger partial charge in [-0.05, 0) is 44.9 Å². The van der Waals surface area contributed by atoms with Gasteiger partial charge >= 0.3 is 0 Å². The molecule has 2 aromatic carbocycles. The monoisotopic (exact) mass is 474 g/mol. The molecule has 0 bridgehead atoms. The Hall–Kier alpha value is -3.35. The van der Waals surface area contributed by atoms with Crippen molar-refractivity contribution in [3.8, 4) is 5.75 Å². The van der Waals surface area contributed by atoms with Gasteiger partial charge in [0.2, 0.25) is 5.91 Å². The third-order valence-electron chi connectivity index (χ3n) is 7.43. The van der Waals surface area contributed by atoms with Crippen LogP contribution in [0.2, 0.25) is 0 Å². The quantitative estimate of drug-likeness (QED) is 0.526. The molecule has 3 aromatic rings. The summed E-state index contributed by atoms with van der Waals surface area (Å²) in [6, 6.07) is 15.6. The number of fused-ring (bicyclic) bond motifs is 3. The molecule has 0 radical (unpaired) electrons. The molecule has 0 saturated heterocycles. The minimum Gasteiger partial charge on any atom is -0.494 e. The molecule has 7 heteroatoms. The van der Waals surface area contributed by atoms with Crippen molar-refractivity contribution in [3.05, 3.63) is 59.9 Å². The Balaban J connectivity index is 1.54. The molecule has 1 aliphatic heterocycles. The summed E-state index contributed by atoms with van der Waals surface area (Å²) in [7, 11) is 0. The van der Waals surface area contributed by atoms with Gasteiger partial charge < -0.3 is 19.5 Å². The Morgan fingerprint density at radius 2 is 1.80 bits per heavy atom. The number of ether oxygens (including phenoxy) is 1. The Labute approximate surface area is 206 Å². The van der Waals surface area contributed by atoms with Gasteiger partial charge in [0, 0.05) is 11.6 Å². The number of carbonyl (C=O) groups is 2. The first-order valence-corrected chi connectivity index (χ1v) is 12.8. The second-order valence-electron chi connectivity index (χ2n) is 9.88. The molecule has 1 aromatic heterocycles. The number of carbonyl (C=O) groups excluding carboxylic acids is 2. The molecule has 0 unspecified atom stereocenters. The highest BCUT2D eigenvalue weighted by molar-refractivity contribution is 6.01. The fourth-order valence-electron chi connectivity index (χ4n) is 5.44. The molecule has 2 amide bonds. The molecule has 1 N–H and O–H groups in total. The van der Waals surface area contributed by atoms with Crippen molar-refractivity contribution in [2.75, 3.05) is 6.61 Å². The van der Waals surface area contributed by atoms with Crippen molar-refractivity contribution < 1.29 is 14.3 Å². The molecule has 2 aliphatic rings. The van der Waals surface area contributed by atoms with E-state index in [1.165, 1.54) is 12.8 Å². The van der Waals surface area contributed by atoms with E-state index in [4.69, 9.17) is 4.74 Å². The molecule has 5 rings (SSSR count). The number of benzene rings is 2. The van der Waals surface area contributed by atoms with Crippen molar-refractivity contribution >= 4 is 22.8 Å². The van der Waals surface area contributed by atoms with Crippen LogP contribution in [0.1, 0.15) is 68.6 Å². The van der Waals surface area contributed by atoms with E-state index in [1.54, 1.807) is 4.90 Å². The van der Waals surface area contributed by atoms with E-state index in [2.05, 4.69) is 10.3 Å². The topological polar surface area (TPSA) is 76.5 Å². The molecule has 1 fully saturated rings. The molecule has 1 atom stereocenters. The van der Waals surface area contributed by atoms with Gasteiger partial charge in [-0.15, -0.1) is 0 Å². The average Bonchev–Trinajstić information content (AvgIpc) is 3.03. The SMILES string of the molecule is CCOc1ccccc1CN1C(=O)c2nc3ccccc3n2C[C@]1(C)C(=O)NC1CCCCCC1. The fourth-order valence-corrected chi connectivity index (χ4v) is 5.44. The summed E-state index contributed by atoms with van der Waals surface area (Å²) < 4.78 is 7.75. The van der Waals surface area contributed by atoms with Gasteiger partial charge in [0.1, 0.15) is 11.3 Å². The number of nitrogens with one attached hydrogen (secondary N) is 1. The Kier molecular flexibility index (Phi) is 6.50. The van der Waals surface area contributed by atoms with E-state index in [-0.39, 0.29) is 24.4 Å². The third-order valence-corrected chi connectivity index (χ3v) is 7.43. The van der Waals surface area contributed by atoms with Gasteiger partial charge in [-0.3, -0.25) is 9.59 Å². The first-order chi connectivity index (χ1) is 17.0. The third kappa shape index (κ3) is 4.40. The minimum absolute atomic E-state index is 0.102. The van der Waals surface area contributed by atoms with Crippen LogP contribution in [0.3, 0.4) is 0 Å². The van der Waals surface area contributed by atoms with Crippen LogP contribution in [-0.4, -0.2) is 44.5 Å². The lowest BCUT2D eigenvalue weighted by Crippen LogP contribution is -2.64. The molecule has 35 heavy (non-hydrogen) atoms. The number of hydrogen-bond acceptors (Lipinski definition) is 4. The normalized spacial score (nSPS) is 21.0. The first kappa shape index (κ1) is 23.4. The molecular formula is C28H34N4O3. The minimum atomic E-state index is -1.07. The van der Waals surface area contributed by atoms with Gasteiger partial charge in [0.05, 0.1) is 30.7 Å². The first-order valence-electron chi connectivity index (χ1n) is 12.8. The summed E-state index contributed by atoms with van der Waals surface area (Å²) in [5.74, 6) is 0.764. The van der Waals surface area contributed by atoms with E-state index >= 15 is 0 Å². The number of hydrogen-bond donors (Lipinski definition) is 1. The van der Waals surface area contributed by atoms with E-state index in [0.717, 1.165) is 48.0 Å². The van der Waals surface area contributed by atoms with Crippen LogP contribution in [0.4, 0.5) is 0 Å². The highest BCUT2D eigenvalue weighted by Crippen LogP contribution is 2.34. The second-order valence-corrected chi connectivity index (χ2v) is 9.88. The van der Waals surface area contributed by atoms with E-state index in [0.29, 0.717) is 19.0 Å². The van der Waals surface area contributed by atoms with Crippen molar-refractivity contribution in [3.63, 3.8) is 0 Å². The second kappa shape index (κ2) is 9.72. The Bertz CT molecular complexity index is 1230. The van der Waals surface area contributed by atoms with Gasteiger partial charge in [0.25, 0.3) is 5.91 Å². The molecule has 1 aliphatic carbocycles. The van der Waals surface area contributed by atoms with Crippen LogP contribution in [0.15, 0.2) is 48.5 Å². The van der Waals surface area contributed by atoms with Crippen LogP contribution in [-0.2, 0) is 17.9 Å². The zero-order chi connectivity index (χ0) is 24.4. The molecular weight excluding hydrogens is 440 g/mol. The summed E-state index contributed by atoms with van der Waals surface area (Å²) in [6.07, 6.45) is 6.66. The van der Waals surface area contributed by atoms with Crippen LogP contribution in [0.5, 0.6) is 5.75 Å². The van der Waals surface area contributed by atoms with Crippen molar-refractivity contribution in [1.82, 2.24) is 19.8 Å². The lowest BCUT2D eigenvalue weighted by Gasteiger charge is -2.44. The maximum atomic E-state index is 14.0.